The van der Waals surface area contributed by atoms with Gasteiger partial charge in [-0.25, -0.2) is 0 Å². The van der Waals surface area contributed by atoms with Gasteiger partial charge in [-0.15, -0.1) is 0 Å². The Morgan fingerprint density at radius 2 is 2.04 bits per heavy atom. The number of methoxy groups -OCH3 is 1. The van der Waals surface area contributed by atoms with E-state index >= 15 is 0 Å². The van der Waals surface area contributed by atoms with Crippen LogP contribution in [0.1, 0.15) is 10.4 Å². The molecule has 0 aliphatic carbocycles. The van der Waals surface area contributed by atoms with Crippen LogP contribution in [-0.4, -0.2) is 36.4 Å². The van der Waals surface area contributed by atoms with Gasteiger partial charge in [-0.05, 0) is 42.5 Å². The lowest BCUT2D eigenvalue weighted by Crippen LogP contribution is -2.34. The Kier molecular flexibility index (Phi) is 7.17. The molecule has 132 valence electrons. The summed E-state index contributed by atoms with van der Waals surface area (Å²) in [5.41, 5.74) is 0.904. The number of anilines is 1. The molecule has 0 unspecified atom stereocenters. The molecular formula is C17H17BrN2O4S. The SMILES string of the molecule is COCCOc1ccc(Br)cc1C(=O)NC(=S)Nc1cccc(O)c1. The second kappa shape index (κ2) is 9.36. The molecule has 0 atom stereocenters. The summed E-state index contributed by atoms with van der Waals surface area (Å²) >= 11 is 8.48. The number of phenols is 1. The first kappa shape index (κ1) is 19.2. The molecule has 0 fully saturated rings. The number of carbonyl (C=O) groups excluding carboxylic acids is 1. The first-order chi connectivity index (χ1) is 12.0. The standard InChI is InChI=1S/C17H17BrN2O4S/c1-23-7-8-24-15-6-5-11(18)9-14(15)16(22)20-17(25)19-12-3-2-4-13(21)10-12/h2-6,9-10,21H,7-8H2,1H3,(H2,19,20,22,25). The lowest BCUT2D eigenvalue weighted by molar-refractivity contribution is 0.0969. The number of carbonyl (C=O) groups is 1. The molecule has 3 N–H and O–H groups in total. The molecule has 0 saturated carbocycles. The number of thiocarbonyl (C=S) groups is 1. The van der Waals surface area contributed by atoms with Gasteiger partial charge in [0.2, 0.25) is 0 Å². The van der Waals surface area contributed by atoms with Gasteiger partial charge in [0.15, 0.2) is 5.11 Å². The molecule has 0 aliphatic heterocycles. The van der Waals surface area contributed by atoms with Gasteiger partial charge in [0, 0.05) is 23.3 Å². The van der Waals surface area contributed by atoms with E-state index in [1.807, 2.05) is 0 Å². The van der Waals surface area contributed by atoms with Crippen molar-refractivity contribution in [1.29, 1.82) is 0 Å². The molecule has 1 amide bonds. The molecule has 0 bridgehead atoms. The number of halogens is 1. The van der Waals surface area contributed by atoms with Gasteiger partial charge in [0.05, 0.1) is 12.2 Å². The van der Waals surface area contributed by atoms with E-state index in [4.69, 9.17) is 21.7 Å². The topological polar surface area (TPSA) is 79.8 Å². The fourth-order valence-corrected chi connectivity index (χ4v) is 2.53. The summed E-state index contributed by atoms with van der Waals surface area (Å²) in [5.74, 6) is 0.115. The Balaban J connectivity index is 2.06. The molecule has 0 heterocycles. The molecule has 6 nitrogen and oxygen atoms in total. The minimum Gasteiger partial charge on any atom is -0.508 e. The number of hydrogen-bond acceptors (Lipinski definition) is 5. The van der Waals surface area contributed by atoms with Crippen LogP contribution in [0.3, 0.4) is 0 Å². The number of nitrogens with one attached hydrogen (secondary N) is 2. The predicted molar refractivity (Wildman–Crippen MR) is 103 cm³/mol. The number of aromatic hydroxyl groups is 1. The van der Waals surface area contributed by atoms with E-state index < -0.39 is 5.91 Å². The number of amides is 1. The van der Waals surface area contributed by atoms with E-state index in [0.29, 0.717) is 30.2 Å². The Hall–Kier alpha value is -2.16. The van der Waals surface area contributed by atoms with Crippen molar-refractivity contribution in [2.75, 3.05) is 25.6 Å². The van der Waals surface area contributed by atoms with Crippen molar-refractivity contribution in [2.45, 2.75) is 0 Å². The van der Waals surface area contributed by atoms with Crippen molar-refractivity contribution in [3.63, 3.8) is 0 Å². The Labute approximate surface area is 159 Å². The molecule has 0 radical (unpaired) electrons. The highest BCUT2D eigenvalue weighted by Gasteiger charge is 2.15. The molecule has 0 saturated heterocycles. The molecule has 0 spiro atoms. The summed E-state index contributed by atoms with van der Waals surface area (Å²) < 4.78 is 11.2. The molecule has 25 heavy (non-hydrogen) atoms. The van der Waals surface area contributed by atoms with Crippen molar-refractivity contribution in [2.24, 2.45) is 0 Å². The van der Waals surface area contributed by atoms with E-state index in [1.165, 1.54) is 12.1 Å². The quantitative estimate of drug-likeness (QED) is 0.487. The summed E-state index contributed by atoms with van der Waals surface area (Å²) in [7, 11) is 1.57. The van der Waals surface area contributed by atoms with Gasteiger partial charge in [0.1, 0.15) is 18.1 Å². The molecule has 8 heteroatoms. The molecule has 0 aliphatic rings. The van der Waals surface area contributed by atoms with Gasteiger partial charge >= 0.3 is 0 Å². The third kappa shape index (κ3) is 6.00. The number of benzene rings is 2. The van der Waals surface area contributed by atoms with E-state index in [0.717, 1.165) is 4.47 Å². The normalized spacial score (nSPS) is 10.2. The zero-order valence-electron chi connectivity index (χ0n) is 13.4. The second-order valence-electron chi connectivity index (χ2n) is 4.94. The fourth-order valence-electron chi connectivity index (χ4n) is 1.96. The van der Waals surface area contributed by atoms with Crippen molar-refractivity contribution < 1.29 is 19.4 Å². The first-order valence-corrected chi connectivity index (χ1v) is 8.52. The van der Waals surface area contributed by atoms with Gasteiger partial charge < -0.3 is 19.9 Å². The van der Waals surface area contributed by atoms with Crippen LogP contribution >= 0.6 is 28.1 Å². The van der Waals surface area contributed by atoms with Crippen LogP contribution in [0, 0.1) is 0 Å². The summed E-state index contributed by atoms with van der Waals surface area (Å²) in [5, 5.41) is 15.0. The second-order valence-corrected chi connectivity index (χ2v) is 6.26. The fraction of sp³-hybridized carbons (Fsp3) is 0.176. The summed E-state index contributed by atoms with van der Waals surface area (Å²) in [6.07, 6.45) is 0. The zero-order chi connectivity index (χ0) is 18.2. The maximum Gasteiger partial charge on any atom is 0.261 e. The highest BCUT2D eigenvalue weighted by molar-refractivity contribution is 9.10. The van der Waals surface area contributed by atoms with Gasteiger partial charge in [-0.3, -0.25) is 10.1 Å². The minimum absolute atomic E-state index is 0.0972. The largest absolute Gasteiger partial charge is 0.508 e. The first-order valence-electron chi connectivity index (χ1n) is 7.32. The highest BCUT2D eigenvalue weighted by atomic mass is 79.9. The van der Waals surface area contributed by atoms with Crippen molar-refractivity contribution >= 4 is 44.9 Å². The van der Waals surface area contributed by atoms with Crippen LogP contribution in [0.2, 0.25) is 0 Å². The molecule has 2 rings (SSSR count). The van der Waals surface area contributed by atoms with E-state index in [2.05, 4.69) is 26.6 Å². The summed E-state index contributed by atoms with van der Waals surface area (Å²) in [6.45, 7) is 0.735. The average molecular weight is 425 g/mol. The van der Waals surface area contributed by atoms with Crippen LogP contribution < -0.4 is 15.4 Å². The smallest absolute Gasteiger partial charge is 0.261 e. The van der Waals surface area contributed by atoms with Crippen LogP contribution in [-0.2, 0) is 4.74 Å². The monoisotopic (exact) mass is 424 g/mol. The average Bonchev–Trinajstić information content (AvgIpc) is 2.56. The predicted octanol–water partition coefficient (Wildman–Crippen LogP) is 3.31. The third-order valence-corrected chi connectivity index (χ3v) is 3.76. The third-order valence-electron chi connectivity index (χ3n) is 3.06. The lowest BCUT2D eigenvalue weighted by Gasteiger charge is -2.13. The molecule has 0 aromatic heterocycles. The molecule has 2 aromatic rings. The van der Waals surface area contributed by atoms with E-state index in [9.17, 15) is 9.90 Å². The Morgan fingerprint density at radius 1 is 1.24 bits per heavy atom. The van der Waals surface area contributed by atoms with Gasteiger partial charge in [0.25, 0.3) is 5.91 Å². The van der Waals surface area contributed by atoms with Crippen molar-refractivity contribution in [3.8, 4) is 11.5 Å². The van der Waals surface area contributed by atoms with E-state index in [1.54, 1.807) is 37.4 Å². The van der Waals surface area contributed by atoms with Crippen molar-refractivity contribution in [3.05, 3.63) is 52.5 Å². The maximum atomic E-state index is 12.5. The number of rotatable bonds is 6. The van der Waals surface area contributed by atoms with Crippen LogP contribution in [0.15, 0.2) is 46.9 Å². The van der Waals surface area contributed by atoms with Gasteiger partial charge in [-0.1, -0.05) is 22.0 Å². The lowest BCUT2D eigenvalue weighted by atomic mass is 10.2. The Bertz CT molecular complexity index is 770. The van der Waals surface area contributed by atoms with E-state index in [-0.39, 0.29) is 10.9 Å². The summed E-state index contributed by atoms with van der Waals surface area (Å²) in [6, 6.07) is 11.5. The molecular weight excluding hydrogens is 408 g/mol. The number of hydrogen-bond donors (Lipinski definition) is 3. The molecule has 2 aromatic carbocycles. The van der Waals surface area contributed by atoms with Crippen molar-refractivity contribution in [1.82, 2.24) is 5.32 Å². The zero-order valence-corrected chi connectivity index (χ0v) is 15.8. The van der Waals surface area contributed by atoms with Crippen LogP contribution in [0.4, 0.5) is 5.69 Å². The minimum atomic E-state index is -0.411. The number of ether oxygens (including phenoxy) is 2. The van der Waals surface area contributed by atoms with Gasteiger partial charge in [-0.2, -0.15) is 0 Å². The number of phenolic OH excluding ortho intramolecular Hbond substituents is 1. The summed E-state index contributed by atoms with van der Waals surface area (Å²) in [4.78, 5) is 12.5. The van der Waals surface area contributed by atoms with Crippen LogP contribution in [0.5, 0.6) is 11.5 Å². The highest BCUT2D eigenvalue weighted by Crippen LogP contribution is 2.23. The maximum absolute atomic E-state index is 12.5. The Morgan fingerprint density at radius 3 is 2.76 bits per heavy atom. The van der Waals surface area contributed by atoms with Crippen LogP contribution in [0.25, 0.3) is 0 Å².